The summed E-state index contributed by atoms with van der Waals surface area (Å²) in [7, 11) is 2.45. The molecule has 0 spiro atoms. The van der Waals surface area contributed by atoms with Crippen LogP contribution in [0.5, 0.6) is 0 Å². The monoisotopic (exact) mass is 307 g/mol. The van der Waals surface area contributed by atoms with Crippen LogP contribution in [-0.4, -0.2) is 61.2 Å². The highest BCUT2D eigenvalue weighted by atomic mass is 35.5. The van der Waals surface area contributed by atoms with Crippen molar-refractivity contribution in [3.05, 3.63) is 0 Å². The van der Waals surface area contributed by atoms with E-state index in [-0.39, 0.29) is 25.9 Å². The molecule has 1 atom stereocenters. The fraction of sp³-hybridized carbons (Fsp3) is 0.667. The number of amides is 1. The molecular formula is C12H18ClNO6. The number of halogens is 1. The highest BCUT2D eigenvalue weighted by Crippen LogP contribution is 2.07. The quantitative estimate of drug-likeness (QED) is 0.360. The van der Waals surface area contributed by atoms with Crippen LogP contribution in [-0.2, 0) is 28.7 Å². The summed E-state index contributed by atoms with van der Waals surface area (Å²) in [6.45, 7) is 1.21. The summed E-state index contributed by atoms with van der Waals surface area (Å²) in [5.74, 6) is -2.16. The Bertz CT molecular complexity index is 364. The molecule has 0 aliphatic heterocycles. The van der Waals surface area contributed by atoms with Crippen LogP contribution in [0.3, 0.4) is 0 Å². The second kappa shape index (κ2) is 9.30. The zero-order valence-electron chi connectivity index (χ0n) is 11.7. The maximum absolute atomic E-state index is 12.0. The Morgan fingerprint density at radius 2 is 1.40 bits per heavy atom. The van der Waals surface area contributed by atoms with E-state index in [0.29, 0.717) is 0 Å². The number of Topliss-reactive ketones (excluding diaryl/α,β-unsaturated/α-hetero) is 1. The van der Waals surface area contributed by atoms with Crippen LogP contribution >= 0.6 is 11.6 Å². The van der Waals surface area contributed by atoms with Gasteiger partial charge in [0.25, 0.3) is 0 Å². The topological polar surface area (TPSA) is 90.0 Å². The maximum atomic E-state index is 12.0. The number of nitrogens with zero attached hydrogens (tertiary/aromatic N) is 1. The number of ether oxygens (including phenoxy) is 2. The van der Waals surface area contributed by atoms with Crippen molar-refractivity contribution in [2.45, 2.75) is 25.1 Å². The van der Waals surface area contributed by atoms with Crippen molar-refractivity contribution < 1.29 is 28.7 Å². The summed E-state index contributed by atoms with van der Waals surface area (Å²) >= 11 is 5.69. The first-order chi connectivity index (χ1) is 9.33. The van der Waals surface area contributed by atoms with Crippen LogP contribution in [0.25, 0.3) is 0 Å². The van der Waals surface area contributed by atoms with Crippen LogP contribution in [0.15, 0.2) is 0 Å². The van der Waals surface area contributed by atoms with Gasteiger partial charge in [-0.2, -0.15) is 0 Å². The molecule has 0 fully saturated rings. The standard InChI is InChI=1S/C12H18ClNO6/c1-8(15)11(13)12(18)14(6-4-9(16)19-2)7-5-10(17)20-3/h11H,4-7H2,1-3H3. The van der Waals surface area contributed by atoms with Gasteiger partial charge in [0.2, 0.25) is 5.91 Å². The predicted molar refractivity (Wildman–Crippen MR) is 70.2 cm³/mol. The summed E-state index contributed by atoms with van der Waals surface area (Å²) < 4.78 is 8.93. The summed E-state index contributed by atoms with van der Waals surface area (Å²) in [5, 5.41) is -1.33. The average Bonchev–Trinajstić information content (AvgIpc) is 2.44. The number of methoxy groups -OCH3 is 2. The number of alkyl halides is 1. The van der Waals surface area contributed by atoms with Crippen LogP contribution in [0.4, 0.5) is 0 Å². The van der Waals surface area contributed by atoms with Crippen LogP contribution in [0.1, 0.15) is 19.8 Å². The van der Waals surface area contributed by atoms with Gasteiger partial charge in [-0.05, 0) is 6.92 Å². The number of esters is 2. The molecule has 114 valence electrons. The summed E-state index contributed by atoms with van der Waals surface area (Å²) in [4.78, 5) is 46.4. The highest BCUT2D eigenvalue weighted by Gasteiger charge is 2.26. The number of hydrogen-bond acceptors (Lipinski definition) is 6. The Balaban J connectivity index is 4.68. The van der Waals surface area contributed by atoms with Gasteiger partial charge in [-0.15, -0.1) is 11.6 Å². The Morgan fingerprint density at radius 1 is 1.00 bits per heavy atom. The number of carbonyl (C=O) groups excluding carboxylic acids is 4. The number of carbonyl (C=O) groups is 4. The second-order valence-corrected chi connectivity index (χ2v) is 4.39. The fourth-order valence-electron chi connectivity index (χ4n) is 1.32. The van der Waals surface area contributed by atoms with Gasteiger partial charge in [0.05, 0.1) is 27.1 Å². The lowest BCUT2D eigenvalue weighted by Crippen LogP contribution is -2.42. The van der Waals surface area contributed by atoms with Gasteiger partial charge in [-0.25, -0.2) is 0 Å². The third-order valence-corrected chi connectivity index (χ3v) is 3.01. The van der Waals surface area contributed by atoms with Crippen molar-refractivity contribution >= 4 is 35.2 Å². The van der Waals surface area contributed by atoms with Crippen LogP contribution in [0.2, 0.25) is 0 Å². The molecule has 0 saturated carbocycles. The Morgan fingerprint density at radius 3 is 1.70 bits per heavy atom. The zero-order chi connectivity index (χ0) is 15.7. The molecule has 0 rings (SSSR count). The van der Waals surface area contributed by atoms with E-state index in [4.69, 9.17) is 11.6 Å². The van der Waals surface area contributed by atoms with Crippen LogP contribution < -0.4 is 0 Å². The summed E-state index contributed by atoms with van der Waals surface area (Å²) in [5.41, 5.74) is 0. The average molecular weight is 308 g/mol. The molecule has 0 aliphatic carbocycles. The third kappa shape index (κ3) is 6.51. The van der Waals surface area contributed by atoms with Gasteiger partial charge in [0.15, 0.2) is 11.2 Å². The van der Waals surface area contributed by atoms with Crippen molar-refractivity contribution in [2.75, 3.05) is 27.3 Å². The molecule has 7 nitrogen and oxygen atoms in total. The molecule has 0 aromatic carbocycles. The Labute approximate surface area is 122 Å². The largest absolute Gasteiger partial charge is 0.469 e. The summed E-state index contributed by atoms with van der Waals surface area (Å²) in [6, 6.07) is 0. The Kier molecular flexibility index (Phi) is 8.54. The lowest BCUT2D eigenvalue weighted by molar-refractivity contribution is -0.142. The third-order valence-electron chi connectivity index (χ3n) is 2.51. The van der Waals surface area contributed by atoms with Crippen molar-refractivity contribution in [1.82, 2.24) is 4.90 Å². The van der Waals surface area contributed by atoms with E-state index in [1.807, 2.05) is 0 Å². The highest BCUT2D eigenvalue weighted by molar-refractivity contribution is 6.41. The molecule has 1 amide bonds. The van der Waals surface area contributed by atoms with E-state index in [1.54, 1.807) is 0 Å². The van der Waals surface area contributed by atoms with Gasteiger partial charge in [-0.1, -0.05) is 0 Å². The first-order valence-corrected chi connectivity index (χ1v) is 6.34. The molecular weight excluding hydrogens is 290 g/mol. The van der Waals surface area contributed by atoms with E-state index in [9.17, 15) is 19.2 Å². The fourth-order valence-corrected chi connectivity index (χ4v) is 1.46. The minimum Gasteiger partial charge on any atom is -0.469 e. The van der Waals surface area contributed by atoms with Gasteiger partial charge >= 0.3 is 11.9 Å². The van der Waals surface area contributed by atoms with E-state index >= 15 is 0 Å². The number of hydrogen-bond donors (Lipinski definition) is 0. The minimum atomic E-state index is -1.33. The molecule has 0 aromatic rings. The molecule has 20 heavy (non-hydrogen) atoms. The van der Waals surface area contributed by atoms with Crippen molar-refractivity contribution in [3.63, 3.8) is 0 Å². The molecule has 0 N–H and O–H groups in total. The SMILES string of the molecule is COC(=O)CCN(CCC(=O)OC)C(=O)C(Cl)C(C)=O. The molecule has 0 aromatic heterocycles. The first-order valence-electron chi connectivity index (χ1n) is 5.90. The predicted octanol–water partition coefficient (Wildman–Crippen LogP) is 0.138. The van der Waals surface area contributed by atoms with Gasteiger partial charge in [-0.3, -0.25) is 19.2 Å². The van der Waals surface area contributed by atoms with E-state index < -0.39 is 29.0 Å². The van der Waals surface area contributed by atoms with Crippen molar-refractivity contribution in [2.24, 2.45) is 0 Å². The van der Waals surface area contributed by atoms with Crippen molar-refractivity contribution in [1.29, 1.82) is 0 Å². The molecule has 0 aliphatic rings. The first kappa shape index (κ1) is 18.4. The minimum absolute atomic E-state index is 0.0129. The van der Waals surface area contributed by atoms with Gasteiger partial charge in [0, 0.05) is 13.1 Å². The van der Waals surface area contributed by atoms with Gasteiger partial charge in [0.1, 0.15) is 0 Å². The molecule has 1 unspecified atom stereocenters. The van der Waals surface area contributed by atoms with E-state index in [1.165, 1.54) is 26.0 Å². The smallest absolute Gasteiger partial charge is 0.307 e. The molecule has 0 heterocycles. The maximum Gasteiger partial charge on any atom is 0.307 e. The number of ketones is 1. The number of rotatable bonds is 8. The molecule has 8 heteroatoms. The van der Waals surface area contributed by atoms with E-state index in [0.717, 1.165) is 0 Å². The normalized spacial score (nSPS) is 11.4. The molecule has 0 saturated heterocycles. The summed E-state index contributed by atoms with van der Waals surface area (Å²) in [6.07, 6.45) is -0.101. The zero-order valence-corrected chi connectivity index (χ0v) is 12.4. The van der Waals surface area contributed by atoms with Gasteiger partial charge < -0.3 is 14.4 Å². The van der Waals surface area contributed by atoms with Crippen LogP contribution in [0, 0.1) is 0 Å². The lowest BCUT2D eigenvalue weighted by Gasteiger charge is -2.23. The van der Waals surface area contributed by atoms with Crippen molar-refractivity contribution in [3.8, 4) is 0 Å². The lowest BCUT2D eigenvalue weighted by atomic mass is 10.2. The second-order valence-electron chi connectivity index (χ2n) is 3.95. The molecule has 0 bridgehead atoms. The Hall–Kier alpha value is -1.63. The van der Waals surface area contributed by atoms with E-state index in [2.05, 4.69) is 9.47 Å². The molecule has 0 radical (unpaired) electrons.